The maximum atomic E-state index is 13.1. The number of carbonyl (C=O) groups is 2. The summed E-state index contributed by atoms with van der Waals surface area (Å²) in [6.45, 7) is 9.44. The van der Waals surface area contributed by atoms with E-state index in [1.807, 2.05) is 56.0 Å². The number of ether oxygens (including phenoxy) is 1. The molecule has 0 aromatic heterocycles. The lowest BCUT2D eigenvalue weighted by Gasteiger charge is -2.59. The third-order valence-corrected chi connectivity index (χ3v) is 6.30. The van der Waals surface area contributed by atoms with Crippen LogP contribution in [-0.2, 0) is 14.3 Å². The largest absolute Gasteiger partial charge is 0.378 e. The van der Waals surface area contributed by atoms with E-state index in [9.17, 15) is 9.59 Å². The maximum Gasteiger partial charge on any atom is 0.243 e. The Morgan fingerprint density at radius 2 is 1.82 bits per heavy atom. The molecule has 2 atom stereocenters. The molecule has 1 saturated carbocycles. The van der Waals surface area contributed by atoms with Gasteiger partial charge in [0.1, 0.15) is 5.54 Å². The topological polar surface area (TPSA) is 87.9 Å². The van der Waals surface area contributed by atoms with E-state index in [-0.39, 0.29) is 23.3 Å². The molecule has 2 fully saturated rings. The summed E-state index contributed by atoms with van der Waals surface area (Å²) in [4.78, 5) is 29.2. The molecule has 1 aliphatic heterocycles. The van der Waals surface area contributed by atoms with Crippen molar-refractivity contribution in [2.75, 3.05) is 44.6 Å². The van der Waals surface area contributed by atoms with E-state index >= 15 is 0 Å². The van der Waals surface area contributed by atoms with Gasteiger partial charge in [-0.15, -0.1) is 0 Å². The molecule has 3 N–H and O–H groups in total. The molecule has 7 nitrogen and oxygen atoms in total. The van der Waals surface area contributed by atoms with Gasteiger partial charge in [-0.2, -0.15) is 0 Å². The molecular formula is C21H32N4O3. The summed E-state index contributed by atoms with van der Waals surface area (Å²) in [6, 6.07) is 9.42. The van der Waals surface area contributed by atoms with Crippen molar-refractivity contribution < 1.29 is 14.3 Å². The molecule has 28 heavy (non-hydrogen) atoms. The van der Waals surface area contributed by atoms with Crippen LogP contribution < -0.4 is 11.1 Å². The van der Waals surface area contributed by atoms with Crippen molar-refractivity contribution in [3.05, 3.63) is 30.3 Å². The summed E-state index contributed by atoms with van der Waals surface area (Å²) in [5.74, 6) is -0.0391. The highest BCUT2D eigenvalue weighted by atomic mass is 16.5. The molecule has 1 aromatic carbocycles. The van der Waals surface area contributed by atoms with Crippen LogP contribution >= 0.6 is 0 Å². The van der Waals surface area contributed by atoms with E-state index in [2.05, 4.69) is 10.2 Å². The molecule has 1 heterocycles. The molecule has 0 spiro atoms. The molecule has 2 unspecified atom stereocenters. The fourth-order valence-electron chi connectivity index (χ4n) is 4.11. The molecule has 154 valence electrons. The van der Waals surface area contributed by atoms with Gasteiger partial charge in [-0.05, 0) is 19.1 Å². The second-order valence-electron chi connectivity index (χ2n) is 8.32. The Bertz CT molecular complexity index is 701. The Kier molecular flexibility index (Phi) is 6.07. The standard InChI is InChI=1S/C21H32N4O3/c1-4-28-17-14-21(22,20(17,2)3)19(27)25-12-10-24(11-13-25)15-18(26)23-16-8-6-5-7-9-16/h5-9,17H,4,10-15,22H2,1-3H3,(H,23,26). The van der Waals surface area contributed by atoms with Crippen molar-refractivity contribution >= 4 is 17.5 Å². The average Bonchev–Trinajstić information content (AvgIpc) is 2.68. The van der Waals surface area contributed by atoms with Crippen LogP contribution in [0.5, 0.6) is 0 Å². The first-order valence-corrected chi connectivity index (χ1v) is 10.0. The van der Waals surface area contributed by atoms with Gasteiger partial charge in [-0.25, -0.2) is 0 Å². The molecule has 7 heteroatoms. The smallest absolute Gasteiger partial charge is 0.243 e. The quantitative estimate of drug-likeness (QED) is 0.767. The minimum Gasteiger partial charge on any atom is -0.378 e. The number of nitrogens with one attached hydrogen (secondary N) is 1. The van der Waals surface area contributed by atoms with E-state index in [0.29, 0.717) is 45.8 Å². The van der Waals surface area contributed by atoms with Crippen molar-refractivity contribution in [2.24, 2.45) is 11.1 Å². The molecule has 1 saturated heterocycles. The fraction of sp³-hybridized carbons (Fsp3) is 0.619. The van der Waals surface area contributed by atoms with Gasteiger partial charge in [0.15, 0.2) is 0 Å². The number of anilines is 1. The van der Waals surface area contributed by atoms with Crippen LogP contribution in [0.1, 0.15) is 27.2 Å². The first-order valence-electron chi connectivity index (χ1n) is 10.0. The minimum atomic E-state index is -0.875. The van der Waals surface area contributed by atoms with Crippen LogP contribution in [-0.4, -0.2) is 72.6 Å². The second-order valence-corrected chi connectivity index (χ2v) is 8.32. The molecule has 0 radical (unpaired) electrons. The van der Waals surface area contributed by atoms with Crippen LogP contribution in [0.2, 0.25) is 0 Å². The van der Waals surface area contributed by atoms with Crippen molar-refractivity contribution in [1.82, 2.24) is 9.80 Å². The number of nitrogens with zero attached hydrogens (tertiary/aromatic N) is 2. The number of rotatable bonds is 6. The van der Waals surface area contributed by atoms with Crippen LogP contribution in [0.25, 0.3) is 0 Å². The highest BCUT2D eigenvalue weighted by Crippen LogP contribution is 2.50. The summed E-state index contributed by atoms with van der Waals surface area (Å²) in [7, 11) is 0. The van der Waals surface area contributed by atoms with Gasteiger partial charge in [0, 0.05) is 50.3 Å². The molecular weight excluding hydrogens is 356 g/mol. The zero-order valence-corrected chi connectivity index (χ0v) is 17.1. The fourth-order valence-corrected chi connectivity index (χ4v) is 4.11. The van der Waals surface area contributed by atoms with E-state index in [4.69, 9.17) is 10.5 Å². The Morgan fingerprint density at radius 1 is 1.18 bits per heavy atom. The van der Waals surface area contributed by atoms with Crippen LogP contribution in [0.4, 0.5) is 5.69 Å². The molecule has 0 bridgehead atoms. The predicted octanol–water partition coefficient (Wildman–Crippen LogP) is 1.30. The third kappa shape index (κ3) is 3.92. The van der Waals surface area contributed by atoms with Crippen molar-refractivity contribution in [2.45, 2.75) is 38.8 Å². The molecule has 1 aliphatic carbocycles. The summed E-state index contributed by atoms with van der Waals surface area (Å²) in [5, 5.41) is 2.90. The van der Waals surface area contributed by atoms with Gasteiger partial charge in [-0.1, -0.05) is 32.0 Å². The van der Waals surface area contributed by atoms with E-state index in [1.165, 1.54) is 0 Å². The molecule has 2 amide bonds. The Morgan fingerprint density at radius 3 is 2.39 bits per heavy atom. The maximum absolute atomic E-state index is 13.1. The highest BCUT2D eigenvalue weighted by Gasteiger charge is 2.63. The number of carbonyl (C=O) groups excluding carboxylic acids is 2. The number of benzene rings is 1. The lowest BCUT2D eigenvalue weighted by Crippen LogP contribution is -2.76. The van der Waals surface area contributed by atoms with Crippen LogP contribution in [0, 0.1) is 5.41 Å². The second kappa shape index (κ2) is 8.19. The van der Waals surface area contributed by atoms with E-state index < -0.39 is 5.54 Å². The van der Waals surface area contributed by atoms with Gasteiger partial charge in [-0.3, -0.25) is 14.5 Å². The van der Waals surface area contributed by atoms with Crippen molar-refractivity contribution in [3.63, 3.8) is 0 Å². The molecule has 3 rings (SSSR count). The minimum absolute atomic E-state index is 0.00170. The van der Waals surface area contributed by atoms with Gasteiger partial charge in [0.05, 0.1) is 12.6 Å². The first kappa shape index (κ1) is 20.8. The van der Waals surface area contributed by atoms with Crippen LogP contribution in [0.15, 0.2) is 30.3 Å². The summed E-state index contributed by atoms with van der Waals surface area (Å²) >= 11 is 0. The predicted molar refractivity (Wildman–Crippen MR) is 109 cm³/mol. The zero-order chi connectivity index (χ0) is 20.4. The summed E-state index contributed by atoms with van der Waals surface area (Å²) in [6.07, 6.45) is 0.584. The third-order valence-electron chi connectivity index (χ3n) is 6.30. The van der Waals surface area contributed by atoms with E-state index in [1.54, 1.807) is 0 Å². The van der Waals surface area contributed by atoms with Gasteiger partial charge >= 0.3 is 0 Å². The first-order chi connectivity index (χ1) is 13.3. The van der Waals surface area contributed by atoms with Gasteiger partial charge in [0.25, 0.3) is 0 Å². The zero-order valence-electron chi connectivity index (χ0n) is 17.1. The summed E-state index contributed by atoms with van der Waals surface area (Å²) < 4.78 is 5.73. The number of nitrogens with two attached hydrogens (primary N) is 1. The monoisotopic (exact) mass is 388 g/mol. The number of para-hydroxylation sites is 1. The number of hydrogen-bond acceptors (Lipinski definition) is 5. The lowest BCUT2D eigenvalue weighted by molar-refractivity contribution is -0.180. The summed E-state index contributed by atoms with van der Waals surface area (Å²) in [5.41, 5.74) is 6.06. The van der Waals surface area contributed by atoms with Crippen molar-refractivity contribution in [1.29, 1.82) is 0 Å². The van der Waals surface area contributed by atoms with E-state index in [0.717, 1.165) is 5.69 Å². The highest BCUT2D eigenvalue weighted by molar-refractivity contribution is 5.92. The number of amides is 2. The number of hydrogen-bond donors (Lipinski definition) is 2. The number of piperazine rings is 1. The Balaban J connectivity index is 1.49. The normalized spacial score (nSPS) is 27.1. The Hall–Kier alpha value is -1.96. The average molecular weight is 389 g/mol. The molecule has 2 aliphatic rings. The lowest BCUT2D eigenvalue weighted by atomic mass is 9.54. The Labute approximate surface area is 167 Å². The van der Waals surface area contributed by atoms with Crippen LogP contribution in [0.3, 0.4) is 0 Å². The van der Waals surface area contributed by atoms with Gasteiger partial charge in [0.2, 0.25) is 11.8 Å². The SMILES string of the molecule is CCOC1CC(N)(C(=O)N2CCN(CC(=O)Nc3ccccc3)CC2)C1(C)C. The van der Waals surface area contributed by atoms with Crippen molar-refractivity contribution in [3.8, 4) is 0 Å². The molecule has 1 aromatic rings. The van der Waals surface area contributed by atoms with Gasteiger partial charge < -0.3 is 20.7 Å².